The fourth-order valence-electron chi connectivity index (χ4n) is 3.79. The molecular formula is C23H21NO5. The van der Waals surface area contributed by atoms with E-state index in [4.69, 9.17) is 9.84 Å². The van der Waals surface area contributed by atoms with Crippen LogP contribution in [0.1, 0.15) is 49.4 Å². The van der Waals surface area contributed by atoms with Gasteiger partial charge in [-0.25, -0.2) is 4.79 Å². The number of aryl methyl sites for hydroxylation is 1. The molecule has 0 bridgehead atoms. The Hall–Kier alpha value is -3.41. The number of carboxylic acid groups (broad SMARTS) is 1. The SMILES string of the molecule is CC(C)(C)c1cc(CCC(=O)O)cc2c1OC(=O)C2=C1C(=O)Nc2ccccc21. The average Bonchev–Trinajstić information content (AvgIpc) is 3.13. The number of hydrogen-bond acceptors (Lipinski definition) is 4. The minimum atomic E-state index is -0.891. The Bertz CT molecular complexity index is 1100. The molecule has 2 N–H and O–H groups in total. The van der Waals surface area contributed by atoms with Gasteiger partial charge < -0.3 is 15.2 Å². The van der Waals surface area contributed by atoms with Crippen molar-refractivity contribution < 1.29 is 24.2 Å². The van der Waals surface area contributed by atoms with Crippen molar-refractivity contribution in [3.63, 3.8) is 0 Å². The standard InChI is InChI=1S/C23H21NO5/c1-23(2,3)15-11-12(8-9-17(25)26)10-14-19(22(28)29-20(14)15)18-13-6-4-5-7-16(13)24-21(18)27/h4-7,10-11H,8-9H2,1-3H3,(H,24,27)(H,25,26). The van der Waals surface area contributed by atoms with Crippen molar-refractivity contribution in [2.24, 2.45) is 0 Å². The molecule has 0 aromatic heterocycles. The molecule has 2 heterocycles. The van der Waals surface area contributed by atoms with E-state index in [9.17, 15) is 14.4 Å². The van der Waals surface area contributed by atoms with Gasteiger partial charge in [-0.1, -0.05) is 45.0 Å². The third-order valence-corrected chi connectivity index (χ3v) is 5.17. The predicted octanol–water partition coefficient (Wildman–Crippen LogP) is 3.78. The van der Waals surface area contributed by atoms with Crippen LogP contribution in [0.3, 0.4) is 0 Å². The van der Waals surface area contributed by atoms with Crippen LogP contribution in [-0.4, -0.2) is 23.0 Å². The summed E-state index contributed by atoms with van der Waals surface area (Å²) < 4.78 is 5.64. The van der Waals surface area contributed by atoms with Crippen LogP contribution in [0.2, 0.25) is 0 Å². The second-order valence-electron chi connectivity index (χ2n) is 8.30. The Balaban J connectivity index is 1.97. The molecule has 6 nitrogen and oxygen atoms in total. The van der Waals surface area contributed by atoms with Crippen LogP contribution in [0.15, 0.2) is 36.4 Å². The van der Waals surface area contributed by atoms with Crippen LogP contribution in [0.5, 0.6) is 5.75 Å². The zero-order valence-corrected chi connectivity index (χ0v) is 16.5. The number of esters is 1. The summed E-state index contributed by atoms with van der Waals surface area (Å²) in [6.07, 6.45) is 0.303. The van der Waals surface area contributed by atoms with E-state index in [0.717, 1.165) is 11.1 Å². The monoisotopic (exact) mass is 391 g/mol. The Morgan fingerprint density at radius 1 is 1.07 bits per heavy atom. The largest absolute Gasteiger partial charge is 0.481 e. The van der Waals surface area contributed by atoms with Gasteiger partial charge >= 0.3 is 11.9 Å². The van der Waals surface area contributed by atoms with Gasteiger partial charge in [0.15, 0.2) is 0 Å². The van der Waals surface area contributed by atoms with Crippen LogP contribution in [0.25, 0.3) is 11.1 Å². The van der Waals surface area contributed by atoms with Gasteiger partial charge in [-0.3, -0.25) is 9.59 Å². The number of carbonyl (C=O) groups is 3. The number of fused-ring (bicyclic) bond motifs is 2. The van der Waals surface area contributed by atoms with Gasteiger partial charge in [0, 0.05) is 28.8 Å². The van der Waals surface area contributed by atoms with E-state index in [1.807, 2.05) is 39.0 Å². The van der Waals surface area contributed by atoms with E-state index in [1.165, 1.54) is 0 Å². The van der Waals surface area contributed by atoms with Gasteiger partial charge in [0.2, 0.25) is 0 Å². The first-order valence-electron chi connectivity index (χ1n) is 9.43. The van der Waals surface area contributed by atoms with Crippen LogP contribution in [0.4, 0.5) is 5.69 Å². The summed E-state index contributed by atoms with van der Waals surface area (Å²) >= 11 is 0. The van der Waals surface area contributed by atoms with Crippen LogP contribution in [0, 0.1) is 0 Å². The van der Waals surface area contributed by atoms with Crippen molar-refractivity contribution in [3.05, 3.63) is 58.7 Å². The summed E-state index contributed by atoms with van der Waals surface area (Å²) in [5.74, 6) is -1.36. The lowest BCUT2D eigenvalue weighted by molar-refractivity contribution is -0.137. The first-order valence-corrected chi connectivity index (χ1v) is 9.43. The maximum absolute atomic E-state index is 12.9. The van der Waals surface area contributed by atoms with Crippen LogP contribution < -0.4 is 10.1 Å². The molecule has 0 radical (unpaired) electrons. The molecule has 2 aliphatic rings. The summed E-state index contributed by atoms with van der Waals surface area (Å²) in [4.78, 5) is 36.6. The zero-order valence-electron chi connectivity index (χ0n) is 16.5. The molecule has 0 aliphatic carbocycles. The molecule has 0 fully saturated rings. The van der Waals surface area contributed by atoms with Gasteiger partial charge in [-0.05, 0) is 29.5 Å². The van der Waals surface area contributed by atoms with E-state index in [-0.39, 0.29) is 23.3 Å². The Morgan fingerprint density at radius 3 is 2.48 bits per heavy atom. The van der Waals surface area contributed by atoms with Crippen molar-refractivity contribution in [1.82, 2.24) is 0 Å². The van der Waals surface area contributed by atoms with Crippen LogP contribution >= 0.6 is 0 Å². The summed E-state index contributed by atoms with van der Waals surface area (Å²) in [6, 6.07) is 10.9. The molecule has 148 valence electrons. The number of aliphatic carboxylic acids is 1. The highest BCUT2D eigenvalue weighted by Crippen LogP contribution is 2.47. The second kappa shape index (κ2) is 6.58. The molecule has 2 aliphatic heterocycles. The van der Waals surface area contributed by atoms with Gasteiger partial charge in [0.25, 0.3) is 5.91 Å². The Kier molecular flexibility index (Phi) is 4.30. The summed E-state index contributed by atoms with van der Waals surface area (Å²) in [6.45, 7) is 6.00. The van der Waals surface area contributed by atoms with Crippen molar-refractivity contribution in [1.29, 1.82) is 0 Å². The van der Waals surface area contributed by atoms with Gasteiger partial charge in [0.05, 0.1) is 11.1 Å². The van der Waals surface area contributed by atoms with Gasteiger partial charge in [-0.2, -0.15) is 0 Å². The second-order valence-corrected chi connectivity index (χ2v) is 8.30. The number of nitrogens with one attached hydrogen (secondary N) is 1. The normalized spacial score (nSPS) is 17.6. The maximum Gasteiger partial charge on any atom is 0.345 e. The summed E-state index contributed by atoms with van der Waals surface area (Å²) in [5.41, 5.74) is 3.64. The van der Waals surface area contributed by atoms with E-state index in [2.05, 4.69) is 5.32 Å². The molecule has 2 aromatic rings. The molecule has 6 heteroatoms. The van der Waals surface area contributed by atoms with Gasteiger partial charge in [0.1, 0.15) is 5.75 Å². The number of benzene rings is 2. The van der Waals surface area contributed by atoms with Crippen molar-refractivity contribution in [2.75, 3.05) is 5.32 Å². The Labute approximate surface area is 168 Å². The number of para-hydroxylation sites is 1. The summed E-state index contributed by atoms with van der Waals surface area (Å²) in [7, 11) is 0. The Morgan fingerprint density at radius 2 is 1.79 bits per heavy atom. The maximum atomic E-state index is 12.9. The highest BCUT2D eigenvalue weighted by Gasteiger charge is 2.39. The molecule has 29 heavy (non-hydrogen) atoms. The van der Waals surface area contributed by atoms with E-state index >= 15 is 0 Å². The molecule has 1 amide bonds. The highest BCUT2D eigenvalue weighted by atomic mass is 16.5. The lowest BCUT2D eigenvalue weighted by Gasteiger charge is -2.22. The van der Waals surface area contributed by atoms with Crippen molar-refractivity contribution >= 4 is 34.7 Å². The van der Waals surface area contributed by atoms with Gasteiger partial charge in [-0.15, -0.1) is 0 Å². The number of carbonyl (C=O) groups excluding carboxylic acids is 2. The number of anilines is 1. The van der Waals surface area contributed by atoms with Crippen molar-refractivity contribution in [3.8, 4) is 5.75 Å². The smallest absolute Gasteiger partial charge is 0.345 e. The summed E-state index contributed by atoms with van der Waals surface area (Å²) in [5, 5.41) is 11.9. The minimum absolute atomic E-state index is 0.0214. The van der Waals surface area contributed by atoms with Crippen LogP contribution in [-0.2, 0) is 26.2 Å². The molecule has 0 saturated carbocycles. The molecule has 0 saturated heterocycles. The lowest BCUT2D eigenvalue weighted by atomic mass is 9.82. The molecule has 4 rings (SSSR count). The number of amides is 1. The number of hydrogen-bond donors (Lipinski definition) is 2. The minimum Gasteiger partial charge on any atom is -0.481 e. The average molecular weight is 391 g/mol. The molecule has 0 spiro atoms. The number of carboxylic acids is 1. The van der Waals surface area contributed by atoms with E-state index in [0.29, 0.717) is 34.6 Å². The molecular weight excluding hydrogens is 370 g/mol. The first kappa shape index (κ1) is 18.9. The quantitative estimate of drug-likeness (QED) is 0.472. The first-order chi connectivity index (χ1) is 13.7. The molecule has 0 unspecified atom stereocenters. The fourth-order valence-corrected chi connectivity index (χ4v) is 3.79. The predicted molar refractivity (Wildman–Crippen MR) is 109 cm³/mol. The van der Waals surface area contributed by atoms with Crippen molar-refractivity contribution in [2.45, 2.75) is 39.0 Å². The topological polar surface area (TPSA) is 92.7 Å². The third kappa shape index (κ3) is 3.20. The number of ether oxygens (including phenoxy) is 1. The van der Waals surface area contributed by atoms with E-state index in [1.54, 1.807) is 18.2 Å². The zero-order chi connectivity index (χ0) is 20.9. The fraction of sp³-hybridized carbons (Fsp3) is 0.261. The lowest BCUT2D eigenvalue weighted by Crippen LogP contribution is -2.14. The number of rotatable bonds is 3. The third-order valence-electron chi connectivity index (χ3n) is 5.17. The van der Waals surface area contributed by atoms with E-state index < -0.39 is 11.9 Å². The molecule has 0 atom stereocenters. The molecule has 2 aromatic carbocycles. The highest BCUT2D eigenvalue weighted by molar-refractivity contribution is 6.45.